The van der Waals surface area contributed by atoms with Crippen LogP contribution in [0, 0.1) is 5.92 Å². The number of anilines is 1. The summed E-state index contributed by atoms with van der Waals surface area (Å²) < 4.78 is 6.17. The summed E-state index contributed by atoms with van der Waals surface area (Å²) in [6, 6.07) is 8.13. The molecule has 2 aliphatic heterocycles. The van der Waals surface area contributed by atoms with Crippen molar-refractivity contribution < 1.29 is 14.3 Å². The molecule has 6 nitrogen and oxygen atoms in total. The van der Waals surface area contributed by atoms with Gasteiger partial charge in [-0.15, -0.1) is 0 Å². The fraction of sp³-hybridized carbons (Fsp3) is 0.435. The van der Waals surface area contributed by atoms with Gasteiger partial charge in [0.15, 0.2) is 0 Å². The third-order valence-corrected chi connectivity index (χ3v) is 6.15. The highest BCUT2D eigenvalue weighted by atomic mass is 16.5. The molecular weight excluding hydrogens is 366 g/mol. The largest absolute Gasteiger partial charge is 0.487 e. The minimum atomic E-state index is 0.00342. The standard InChI is InChI=1S/C23H25N3O3/c1-25-21(27)8-7-15-3-2-4-20(22(15)25)17-11-19(13-24-12-17)29-18-9-10-26(14-18)23(28)16-5-6-16/h2-4,11-13,16,18H,5-10,14H2,1H3/t18-/m0/s1. The van der Waals surface area contributed by atoms with E-state index in [-0.39, 0.29) is 23.8 Å². The predicted octanol–water partition coefficient (Wildman–Crippen LogP) is 3.05. The Labute approximate surface area is 170 Å². The summed E-state index contributed by atoms with van der Waals surface area (Å²) in [7, 11) is 1.83. The molecule has 3 heterocycles. The van der Waals surface area contributed by atoms with Gasteiger partial charge in [0.25, 0.3) is 0 Å². The third-order valence-electron chi connectivity index (χ3n) is 6.15. The fourth-order valence-electron chi connectivity index (χ4n) is 4.39. The Bertz CT molecular complexity index is 970. The van der Waals surface area contributed by atoms with Crippen LogP contribution in [0.2, 0.25) is 0 Å². The van der Waals surface area contributed by atoms with Crippen molar-refractivity contribution >= 4 is 17.5 Å². The van der Waals surface area contributed by atoms with Gasteiger partial charge in [-0.05, 0) is 30.9 Å². The molecule has 5 rings (SSSR count). The second-order valence-electron chi connectivity index (χ2n) is 8.26. The van der Waals surface area contributed by atoms with E-state index in [9.17, 15) is 9.59 Å². The van der Waals surface area contributed by atoms with Gasteiger partial charge in [0.05, 0.1) is 18.4 Å². The van der Waals surface area contributed by atoms with Crippen LogP contribution in [0.25, 0.3) is 11.1 Å². The van der Waals surface area contributed by atoms with Gasteiger partial charge in [-0.1, -0.05) is 18.2 Å². The number of carbonyl (C=O) groups is 2. The van der Waals surface area contributed by atoms with Gasteiger partial charge in [-0.3, -0.25) is 14.6 Å². The van der Waals surface area contributed by atoms with Crippen LogP contribution in [0.5, 0.6) is 5.75 Å². The van der Waals surface area contributed by atoms with E-state index in [2.05, 4.69) is 11.1 Å². The van der Waals surface area contributed by atoms with Crippen LogP contribution in [-0.4, -0.2) is 47.9 Å². The summed E-state index contributed by atoms with van der Waals surface area (Å²) in [5.74, 6) is 1.38. The number of para-hydroxylation sites is 1. The first-order valence-corrected chi connectivity index (χ1v) is 10.4. The van der Waals surface area contributed by atoms with E-state index in [1.807, 2.05) is 36.3 Å². The van der Waals surface area contributed by atoms with Crippen molar-refractivity contribution in [3.8, 4) is 16.9 Å². The maximum Gasteiger partial charge on any atom is 0.227 e. The van der Waals surface area contributed by atoms with Crippen molar-refractivity contribution in [3.05, 3.63) is 42.2 Å². The maximum absolute atomic E-state index is 12.3. The molecule has 2 aromatic rings. The lowest BCUT2D eigenvalue weighted by Gasteiger charge is -2.28. The first kappa shape index (κ1) is 18.2. The quantitative estimate of drug-likeness (QED) is 0.804. The first-order valence-electron chi connectivity index (χ1n) is 10.4. The van der Waals surface area contributed by atoms with Gasteiger partial charge in [0.1, 0.15) is 11.9 Å². The molecule has 0 bridgehead atoms. The van der Waals surface area contributed by atoms with Crippen LogP contribution >= 0.6 is 0 Å². The van der Waals surface area contributed by atoms with Crippen LogP contribution in [0.4, 0.5) is 5.69 Å². The molecule has 0 spiro atoms. The minimum absolute atomic E-state index is 0.00342. The molecule has 0 N–H and O–H groups in total. The number of rotatable bonds is 4. The Kier molecular flexibility index (Phi) is 4.49. The van der Waals surface area contributed by atoms with Gasteiger partial charge in [-0.2, -0.15) is 0 Å². The Morgan fingerprint density at radius 2 is 2.03 bits per heavy atom. The van der Waals surface area contributed by atoms with Gasteiger partial charge >= 0.3 is 0 Å². The maximum atomic E-state index is 12.3. The Hall–Kier alpha value is -2.89. The molecular formula is C23H25N3O3. The van der Waals surface area contributed by atoms with Gasteiger partial charge in [0.2, 0.25) is 11.8 Å². The third kappa shape index (κ3) is 3.48. The van der Waals surface area contributed by atoms with Gasteiger partial charge in [0, 0.05) is 49.7 Å². The van der Waals surface area contributed by atoms with Crippen molar-refractivity contribution in [1.29, 1.82) is 0 Å². The van der Waals surface area contributed by atoms with Crippen molar-refractivity contribution in [2.75, 3.05) is 25.0 Å². The fourth-order valence-corrected chi connectivity index (χ4v) is 4.39. The van der Waals surface area contributed by atoms with Crippen molar-refractivity contribution in [2.24, 2.45) is 5.92 Å². The van der Waals surface area contributed by atoms with E-state index in [4.69, 9.17) is 4.74 Å². The first-order chi connectivity index (χ1) is 14.1. The predicted molar refractivity (Wildman–Crippen MR) is 110 cm³/mol. The number of carbonyl (C=O) groups excluding carboxylic acids is 2. The summed E-state index contributed by atoms with van der Waals surface area (Å²) in [5.41, 5.74) is 4.07. The Morgan fingerprint density at radius 3 is 2.86 bits per heavy atom. The molecule has 1 atom stereocenters. The van der Waals surface area contributed by atoms with E-state index in [0.717, 1.165) is 49.0 Å². The molecule has 1 aliphatic carbocycles. The SMILES string of the molecule is CN1C(=O)CCc2cccc(-c3cncc(O[C@H]4CCN(C(=O)C5CC5)C4)c3)c21. The monoisotopic (exact) mass is 391 g/mol. The minimum Gasteiger partial charge on any atom is -0.487 e. The smallest absolute Gasteiger partial charge is 0.227 e. The Balaban J connectivity index is 1.36. The molecule has 29 heavy (non-hydrogen) atoms. The van der Waals surface area contributed by atoms with Crippen LogP contribution in [0.15, 0.2) is 36.7 Å². The lowest BCUT2D eigenvalue weighted by molar-refractivity contribution is -0.131. The second kappa shape index (κ2) is 7.17. The highest BCUT2D eigenvalue weighted by molar-refractivity contribution is 6.00. The van der Waals surface area contributed by atoms with Crippen molar-refractivity contribution in [1.82, 2.24) is 9.88 Å². The number of likely N-dealkylation sites (tertiary alicyclic amines) is 1. The summed E-state index contributed by atoms with van der Waals surface area (Å²) in [4.78, 5) is 32.6. The Morgan fingerprint density at radius 1 is 1.17 bits per heavy atom. The molecule has 1 aromatic heterocycles. The second-order valence-corrected chi connectivity index (χ2v) is 8.26. The number of pyridine rings is 1. The molecule has 1 saturated carbocycles. The highest BCUT2D eigenvalue weighted by Gasteiger charge is 2.37. The average molecular weight is 391 g/mol. The lowest BCUT2D eigenvalue weighted by Crippen LogP contribution is -2.32. The number of fused-ring (bicyclic) bond motifs is 1. The van der Waals surface area contributed by atoms with Crippen molar-refractivity contribution in [3.63, 3.8) is 0 Å². The number of hydrogen-bond acceptors (Lipinski definition) is 4. The van der Waals surface area contributed by atoms with E-state index < -0.39 is 0 Å². The summed E-state index contributed by atoms with van der Waals surface area (Å²) in [5, 5.41) is 0. The van der Waals surface area contributed by atoms with Gasteiger partial charge in [-0.25, -0.2) is 0 Å². The van der Waals surface area contributed by atoms with E-state index in [1.54, 1.807) is 11.1 Å². The molecule has 3 aliphatic rings. The number of hydrogen-bond donors (Lipinski definition) is 0. The van der Waals surface area contributed by atoms with E-state index >= 15 is 0 Å². The van der Waals surface area contributed by atoms with Crippen LogP contribution in [0.3, 0.4) is 0 Å². The van der Waals surface area contributed by atoms with E-state index in [1.165, 1.54) is 5.56 Å². The molecule has 1 saturated heterocycles. The summed E-state index contributed by atoms with van der Waals surface area (Å²) >= 11 is 0. The topological polar surface area (TPSA) is 62.7 Å². The molecule has 0 radical (unpaired) electrons. The lowest BCUT2D eigenvalue weighted by atomic mass is 9.94. The van der Waals surface area contributed by atoms with Gasteiger partial charge < -0.3 is 14.5 Å². The number of amides is 2. The molecule has 1 aromatic carbocycles. The number of ether oxygens (including phenoxy) is 1. The van der Waals surface area contributed by atoms with E-state index in [0.29, 0.717) is 18.7 Å². The number of aryl methyl sites for hydroxylation is 1. The summed E-state index contributed by atoms with van der Waals surface area (Å²) in [6.45, 7) is 1.42. The molecule has 6 heteroatoms. The number of nitrogens with zero attached hydrogens (tertiary/aromatic N) is 3. The molecule has 2 fully saturated rings. The zero-order chi connectivity index (χ0) is 20.0. The zero-order valence-corrected chi connectivity index (χ0v) is 16.6. The van der Waals surface area contributed by atoms with Crippen molar-refractivity contribution in [2.45, 2.75) is 38.2 Å². The number of aromatic nitrogens is 1. The highest BCUT2D eigenvalue weighted by Crippen LogP contribution is 2.38. The van der Waals surface area contributed by atoms with Crippen LogP contribution < -0.4 is 9.64 Å². The van der Waals surface area contributed by atoms with Crippen LogP contribution in [0.1, 0.15) is 31.2 Å². The molecule has 0 unspecified atom stereocenters. The molecule has 150 valence electrons. The average Bonchev–Trinajstić information content (AvgIpc) is 3.49. The normalized spacial score (nSPS) is 21.3. The summed E-state index contributed by atoms with van der Waals surface area (Å²) in [6.07, 6.45) is 7.77. The molecule has 2 amide bonds. The zero-order valence-electron chi connectivity index (χ0n) is 16.6. The number of benzene rings is 1. The van der Waals surface area contributed by atoms with Crippen LogP contribution in [-0.2, 0) is 16.0 Å².